The molecule has 0 saturated carbocycles. The number of hydrogen-bond donors (Lipinski definition) is 0. The molecule has 0 fully saturated rings. The van der Waals surface area contributed by atoms with Crippen LogP contribution >= 0.6 is 0 Å². The number of halogens is 1. The van der Waals surface area contributed by atoms with Gasteiger partial charge in [0.25, 0.3) is 0 Å². The van der Waals surface area contributed by atoms with Crippen molar-refractivity contribution < 1.29 is 13.6 Å². The second-order valence-electron chi connectivity index (χ2n) is 6.76. The van der Waals surface area contributed by atoms with Gasteiger partial charge >= 0.3 is 0 Å². The molecule has 1 heterocycles. The second kappa shape index (κ2) is 9.17. The fourth-order valence-corrected chi connectivity index (χ4v) is 3.24. The topological polar surface area (TPSA) is 33.5 Å². The van der Waals surface area contributed by atoms with Crippen LogP contribution < -0.4 is 0 Å². The van der Waals surface area contributed by atoms with Gasteiger partial charge < -0.3 is 9.32 Å². The Morgan fingerprint density at radius 1 is 1.00 bits per heavy atom. The smallest absolute Gasteiger partial charge is 0.219 e. The number of carbonyl (C=O) groups is 1. The van der Waals surface area contributed by atoms with E-state index < -0.39 is 0 Å². The molecule has 0 bridgehead atoms. The summed E-state index contributed by atoms with van der Waals surface area (Å²) in [5.41, 5.74) is 2.16. The van der Waals surface area contributed by atoms with Crippen molar-refractivity contribution in [3.8, 4) is 0 Å². The van der Waals surface area contributed by atoms with Crippen LogP contribution in [-0.4, -0.2) is 17.4 Å². The first-order valence-corrected chi connectivity index (χ1v) is 9.19. The molecule has 3 aromatic rings. The predicted octanol–water partition coefficient (Wildman–Crippen LogP) is 5.18. The van der Waals surface area contributed by atoms with Crippen molar-refractivity contribution in [1.29, 1.82) is 0 Å². The minimum absolute atomic E-state index is 0.0113. The highest BCUT2D eigenvalue weighted by molar-refractivity contribution is 5.73. The van der Waals surface area contributed by atoms with Crippen LogP contribution in [0.5, 0.6) is 0 Å². The number of furan rings is 1. The first-order valence-electron chi connectivity index (χ1n) is 9.19. The Kier molecular flexibility index (Phi) is 6.42. The highest BCUT2D eigenvalue weighted by atomic mass is 19.1. The van der Waals surface area contributed by atoms with Crippen molar-refractivity contribution >= 4 is 5.91 Å². The summed E-state index contributed by atoms with van der Waals surface area (Å²) >= 11 is 0. The van der Waals surface area contributed by atoms with Gasteiger partial charge in [-0.25, -0.2) is 4.39 Å². The van der Waals surface area contributed by atoms with Crippen LogP contribution in [0.4, 0.5) is 4.39 Å². The normalized spacial score (nSPS) is 11.9. The van der Waals surface area contributed by atoms with Crippen LogP contribution in [0.25, 0.3) is 0 Å². The van der Waals surface area contributed by atoms with Crippen molar-refractivity contribution in [1.82, 2.24) is 4.90 Å². The van der Waals surface area contributed by atoms with Crippen molar-refractivity contribution in [2.45, 2.75) is 32.2 Å². The predicted molar refractivity (Wildman–Crippen MR) is 104 cm³/mol. The van der Waals surface area contributed by atoms with Gasteiger partial charge in [0.05, 0.1) is 6.26 Å². The standard InChI is InChI=1S/C23H24FNO2/c1-18(26)25(17-20-9-11-22(24)12-10-20)14-13-21(23-8-5-15-27-23)16-19-6-3-2-4-7-19/h2-12,15,21H,13-14,16-17H2,1H3/t21-/m0/s1. The van der Waals surface area contributed by atoms with Crippen LogP contribution in [0, 0.1) is 5.82 Å². The summed E-state index contributed by atoms with van der Waals surface area (Å²) in [4.78, 5) is 13.9. The minimum atomic E-state index is -0.270. The van der Waals surface area contributed by atoms with E-state index in [1.165, 1.54) is 17.7 Å². The monoisotopic (exact) mass is 365 g/mol. The SMILES string of the molecule is CC(=O)N(CC[C@@H](Cc1ccccc1)c1ccco1)Cc1ccc(F)cc1. The molecule has 0 radical (unpaired) electrons. The number of amides is 1. The zero-order chi connectivity index (χ0) is 19.1. The van der Waals surface area contributed by atoms with Crippen LogP contribution in [0.1, 0.15) is 36.1 Å². The lowest BCUT2D eigenvalue weighted by Crippen LogP contribution is -2.30. The zero-order valence-electron chi connectivity index (χ0n) is 15.5. The number of nitrogens with zero attached hydrogens (tertiary/aromatic N) is 1. The van der Waals surface area contributed by atoms with E-state index in [0.29, 0.717) is 13.1 Å². The third-order valence-corrected chi connectivity index (χ3v) is 4.75. The summed E-state index contributed by atoms with van der Waals surface area (Å²) in [7, 11) is 0. The van der Waals surface area contributed by atoms with Gasteiger partial charge in [-0.15, -0.1) is 0 Å². The summed E-state index contributed by atoms with van der Waals surface area (Å²) in [6.07, 6.45) is 3.34. The third-order valence-electron chi connectivity index (χ3n) is 4.75. The summed E-state index contributed by atoms with van der Waals surface area (Å²) < 4.78 is 18.8. The zero-order valence-corrected chi connectivity index (χ0v) is 15.5. The molecule has 1 atom stereocenters. The first kappa shape index (κ1) is 18.9. The molecule has 0 aliphatic heterocycles. The second-order valence-corrected chi connectivity index (χ2v) is 6.76. The summed E-state index contributed by atoms with van der Waals surface area (Å²) in [5.74, 6) is 0.868. The maximum Gasteiger partial charge on any atom is 0.219 e. The molecule has 2 aromatic carbocycles. The van der Waals surface area contributed by atoms with E-state index in [-0.39, 0.29) is 17.6 Å². The van der Waals surface area contributed by atoms with E-state index in [9.17, 15) is 9.18 Å². The summed E-state index contributed by atoms with van der Waals surface area (Å²) in [5, 5.41) is 0. The van der Waals surface area contributed by atoms with Gasteiger partial charge in [-0.1, -0.05) is 42.5 Å². The lowest BCUT2D eigenvalue weighted by atomic mass is 9.93. The third kappa shape index (κ3) is 5.55. The Balaban J connectivity index is 1.68. The molecule has 4 heteroatoms. The van der Waals surface area contributed by atoms with Crippen LogP contribution in [0.15, 0.2) is 77.4 Å². The molecular formula is C23H24FNO2. The molecule has 1 amide bonds. The molecule has 0 unspecified atom stereocenters. The van der Waals surface area contributed by atoms with E-state index in [0.717, 1.165) is 24.2 Å². The molecule has 0 saturated heterocycles. The maximum absolute atomic E-state index is 13.1. The average molecular weight is 365 g/mol. The van der Waals surface area contributed by atoms with E-state index in [1.807, 2.05) is 30.3 Å². The Bertz CT molecular complexity index is 829. The summed E-state index contributed by atoms with van der Waals surface area (Å²) in [6, 6.07) is 20.5. The Morgan fingerprint density at radius 3 is 2.37 bits per heavy atom. The molecular weight excluding hydrogens is 341 g/mol. The Labute approximate surface area is 159 Å². The molecule has 0 spiro atoms. The van der Waals surface area contributed by atoms with Gasteiger partial charge in [-0.2, -0.15) is 0 Å². The molecule has 27 heavy (non-hydrogen) atoms. The van der Waals surface area contributed by atoms with Crippen molar-refractivity contribution in [2.75, 3.05) is 6.54 Å². The minimum Gasteiger partial charge on any atom is -0.469 e. The maximum atomic E-state index is 13.1. The number of rotatable bonds is 8. The average Bonchev–Trinajstić information content (AvgIpc) is 3.21. The molecule has 0 N–H and O–H groups in total. The van der Waals surface area contributed by atoms with Gasteiger partial charge in [0.15, 0.2) is 0 Å². The van der Waals surface area contributed by atoms with E-state index in [4.69, 9.17) is 4.42 Å². The number of carbonyl (C=O) groups excluding carboxylic acids is 1. The first-order chi connectivity index (χ1) is 13.1. The summed E-state index contributed by atoms with van der Waals surface area (Å²) in [6.45, 7) is 2.67. The Hall–Kier alpha value is -2.88. The highest BCUT2D eigenvalue weighted by Gasteiger charge is 2.18. The highest BCUT2D eigenvalue weighted by Crippen LogP contribution is 2.25. The molecule has 1 aromatic heterocycles. The molecule has 0 aliphatic carbocycles. The van der Waals surface area contributed by atoms with Crippen molar-refractivity contribution in [3.05, 3.63) is 95.7 Å². The van der Waals surface area contributed by atoms with E-state index >= 15 is 0 Å². The largest absolute Gasteiger partial charge is 0.469 e. The fourth-order valence-electron chi connectivity index (χ4n) is 3.24. The van der Waals surface area contributed by atoms with E-state index in [1.54, 1.807) is 30.2 Å². The fraction of sp³-hybridized carbons (Fsp3) is 0.261. The Morgan fingerprint density at radius 2 is 1.74 bits per heavy atom. The molecule has 3 rings (SSSR count). The van der Waals surface area contributed by atoms with Crippen LogP contribution in [0.3, 0.4) is 0 Å². The lowest BCUT2D eigenvalue weighted by Gasteiger charge is -2.24. The van der Waals surface area contributed by atoms with Crippen molar-refractivity contribution in [3.63, 3.8) is 0 Å². The number of benzene rings is 2. The molecule has 0 aliphatic rings. The van der Waals surface area contributed by atoms with Crippen LogP contribution in [-0.2, 0) is 17.8 Å². The lowest BCUT2D eigenvalue weighted by molar-refractivity contribution is -0.129. The molecule has 3 nitrogen and oxygen atoms in total. The van der Waals surface area contributed by atoms with Crippen LogP contribution in [0.2, 0.25) is 0 Å². The van der Waals surface area contributed by atoms with Gasteiger partial charge in [-0.3, -0.25) is 4.79 Å². The molecule has 140 valence electrons. The van der Waals surface area contributed by atoms with Gasteiger partial charge in [0.2, 0.25) is 5.91 Å². The van der Waals surface area contributed by atoms with E-state index in [2.05, 4.69) is 12.1 Å². The van der Waals surface area contributed by atoms with Gasteiger partial charge in [0.1, 0.15) is 11.6 Å². The quantitative estimate of drug-likeness (QED) is 0.551. The van der Waals surface area contributed by atoms with Gasteiger partial charge in [-0.05, 0) is 48.2 Å². The van der Waals surface area contributed by atoms with Crippen molar-refractivity contribution in [2.24, 2.45) is 0 Å². The number of hydrogen-bond acceptors (Lipinski definition) is 2. The van der Waals surface area contributed by atoms with Gasteiger partial charge in [0, 0.05) is 25.9 Å².